The molecule has 4 nitrogen and oxygen atoms in total. The van der Waals surface area contributed by atoms with Gasteiger partial charge in [0.25, 0.3) is 5.91 Å². The molecule has 0 unspecified atom stereocenters. The summed E-state index contributed by atoms with van der Waals surface area (Å²) >= 11 is 11.8. The number of ether oxygens (including phenoxy) is 1. The first-order valence-corrected chi connectivity index (χ1v) is 7.62. The number of carbonyl (C=O) groups excluding carboxylic acids is 1. The molecule has 2 aromatic carbocycles. The maximum atomic E-state index is 11.9. The molecule has 0 aliphatic heterocycles. The first kappa shape index (κ1) is 17.1. The normalized spacial score (nSPS) is 11.4. The van der Waals surface area contributed by atoms with Crippen molar-refractivity contribution in [2.45, 2.75) is 13.0 Å². The minimum atomic E-state index is -0.270. The van der Waals surface area contributed by atoms with Crippen molar-refractivity contribution < 1.29 is 9.53 Å². The fourth-order valence-electron chi connectivity index (χ4n) is 1.95. The van der Waals surface area contributed by atoms with Crippen molar-refractivity contribution in [3.8, 4) is 11.8 Å². The third-order valence-electron chi connectivity index (χ3n) is 3.17. The van der Waals surface area contributed by atoms with E-state index in [0.29, 0.717) is 21.4 Å². The summed E-state index contributed by atoms with van der Waals surface area (Å²) in [6, 6.07) is 13.7. The number of nitriles is 1. The Hall–Kier alpha value is -2.22. The third-order valence-corrected chi connectivity index (χ3v) is 3.71. The van der Waals surface area contributed by atoms with Crippen LogP contribution < -0.4 is 10.1 Å². The van der Waals surface area contributed by atoms with Crippen LogP contribution in [0.4, 0.5) is 0 Å². The average molecular weight is 349 g/mol. The van der Waals surface area contributed by atoms with Crippen LogP contribution in [0.1, 0.15) is 24.1 Å². The number of benzene rings is 2. The molecular weight excluding hydrogens is 335 g/mol. The monoisotopic (exact) mass is 348 g/mol. The van der Waals surface area contributed by atoms with Crippen molar-refractivity contribution in [2.75, 3.05) is 6.61 Å². The second-order valence-corrected chi connectivity index (χ2v) is 5.73. The second kappa shape index (κ2) is 7.87. The van der Waals surface area contributed by atoms with Gasteiger partial charge >= 0.3 is 0 Å². The van der Waals surface area contributed by atoms with Crippen LogP contribution in [0.5, 0.6) is 5.75 Å². The molecule has 6 heteroatoms. The van der Waals surface area contributed by atoms with E-state index in [0.717, 1.165) is 5.56 Å². The molecule has 2 aromatic rings. The fourth-order valence-corrected chi connectivity index (χ4v) is 2.31. The Labute approximate surface area is 144 Å². The number of nitrogens with one attached hydrogen (secondary N) is 1. The van der Waals surface area contributed by atoms with Gasteiger partial charge in [-0.1, -0.05) is 35.3 Å². The van der Waals surface area contributed by atoms with Gasteiger partial charge in [0, 0.05) is 5.02 Å². The molecule has 23 heavy (non-hydrogen) atoms. The van der Waals surface area contributed by atoms with Gasteiger partial charge in [-0.2, -0.15) is 5.26 Å². The van der Waals surface area contributed by atoms with Crippen LogP contribution >= 0.6 is 23.2 Å². The largest absolute Gasteiger partial charge is 0.482 e. The van der Waals surface area contributed by atoms with E-state index < -0.39 is 0 Å². The van der Waals surface area contributed by atoms with Crippen LogP contribution in [0, 0.1) is 11.3 Å². The Morgan fingerprint density at radius 3 is 2.57 bits per heavy atom. The summed E-state index contributed by atoms with van der Waals surface area (Å²) in [5, 5.41) is 12.5. The molecule has 0 spiro atoms. The van der Waals surface area contributed by atoms with E-state index in [9.17, 15) is 4.79 Å². The van der Waals surface area contributed by atoms with Crippen molar-refractivity contribution in [2.24, 2.45) is 0 Å². The highest BCUT2D eigenvalue weighted by atomic mass is 35.5. The predicted molar refractivity (Wildman–Crippen MR) is 89.7 cm³/mol. The summed E-state index contributed by atoms with van der Waals surface area (Å²) in [6.45, 7) is 1.71. The minimum absolute atomic E-state index is 0.163. The molecule has 1 N–H and O–H groups in total. The summed E-state index contributed by atoms with van der Waals surface area (Å²) in [6.07, 6.45) is 0. The lowest BCUT2D eigenvalue weighted by atomic mass is 10.1. The highest BCUT2D eigenvalue weighted by Crippen LogP contribution is 2.25. The van der Waals surface area contributed by atoms with Gasteiger partial charge in [0.15, 0.2) is 6.61 Å². The topological polar surface area (TPSA) is 62.1 Å². The summed E-state index contributed by atoms with van der Waals surface area (Å²) in [5.74, 6) is 0.0906. The molecule has 0 aromatic heterocycles. The molecular formula is C17H14Cl2N2O2. The number of carbonyl (C=O) groups is 1. The van der Waals surface area contributed by atoms with Crippen molar-refractivity contribution in [3.05, 3.63) is 63.6 Å². The average Bonchev–Trinajstić information content (AvgIpc) is 2.54. The molecule has 0 saturated carbocycles. The quantitative estimate of drug-likeness (QED) is 0.883. The van der Waals surface area contributed by atoms with E-state index in [1.807, 2.05) is 25.1 Å². The maximum absolute atomic E-state index is 11.9. The van der Waals surface area contributed by atoms with Gasteiger partial charge < -0.3 is 10.1 Å². The van der Waals surface area contributed by atoms with Crippen molar-refractivity contribution in [1.82, 2.24) is 5.32 Å². The zero-order valence-electron chi connectivity index (χ0n) is 12.3. The van der Waals surface area contributed by atoms with Gasteiger partial charge in [-0.25, -0.2) is 0 Å². The SMILES string of the molecule is C[C@H](NC(=O)COc1ccc(C#N)cc1Cl)c1ccc(Cl)cc1. The van der Waals surface area contributed by atoms with Gasteiger partial charge in [-0.15, -0.1) is 0 Å². The molecule has 1 atom stereocenters. The zero-order valence-corrected chi connectivity index (χ0v) is 13.9. The molecule has 118 valence electrons. The summed E-state index contributed by atoms with van der Waals surface area (Å²) < 4.78 is 5.38. The van der Waals surface area contributed by atoms with E-state index in [2.05, 4.69) is 5.32 Å². The van der Waals surface area contributed by atoms with Gasteiger partial charge in [0.05, 0.1) is 22.7 Å². The van der Waals surface area contributed by atoms with Crippen molar-refractivity contribution in [1.29, 1.82) is 5.26 Å². The highest BCUT2D eigenvalue weighted by Gasteiger charge is 2.11. The van der Waals surface area contributed by atoms with Crippen LogP contribution in [0.3, 0.4) is 0 Å². The zero-order chi connectivity index (χ0) is 16.8. The van der Waals surface area contributed by atoms with E-state index in [1.54, 1.807) is 24.3 Å². The first-order valence-electron chi connectivity index (χ1n) is 6.87. The molecule has 0 bridgehead atoms. The lowest BCUT2D eigenvalue weighted by molar-refractivity contribution is -0.123. The van der Waals surface area contributed by atoms with E-state index >= 15 is 0 Å². The summed E-state index contributed by atoms with van der Waals surface area (Å²) in [5.41, 5.74) is 1.38. The molecule has 2 rings (SSSR count). The van der Waals surface area contributed by atoms with E-state index in [-0.39, 0.29) is 18.6 Å². The maximum Gasteiger partial charge on any atom is 0.258 e. The Morgan fingerprint density at radius 2 is 1.96 bits per heavy atom. The number of rotatable bonds is 5. The molecule has 1 amide bonds. The van der Waals surface area contributed by atoms with Crippen LogP contribution in [0.15, 0.2) is 42.5 Å². The van der Waals surface area contributed by atoms with Crippen LogP contribution in [0.2, 0.25) is 10.0 Å². The lowest BCUT2D eigenvalue weighted by Gasteiger charge is -2.15. The fraction of sp³-hybridized carbons (Fsp3) is 0.176. The third kappa shape index (κ3) is 4.88. The molecule has 0 aliphatic rings. The standard InChI is InChI=1S/C17H14Cl2N2O2/c1-11(13-3-5-14(18)6-4-13)21-17(22)10-23-16-7-2-12(9-20)8-15(16)19/h2-8,11H,10H2,1H3,(H,21,22)/t11-/m0/s1. The van der Waals surface area contributed by atoms with Gasteiger partial charge in [0.1, 0.15) is 5.75 Å². The van der Waals surface area contributed by atoms with Crippen LogP contribution in [-0.4, -0.2) is 12.5 Å². The van der Waals surface area contributed by atoms with Crippen molar-refractivity contribution >= 4 is 29.1 Å². The Balaban J connectivity index is 1.90. The van der Waals surface area contributed by atoms with Crippen LogP contribution in [-0.2, 0) is 4.79 Å². The number of halogens is 2. The Morgan fingerprint density at radius 1 is 1.26 bits per heavy atom. The van der Waals surface area contributed by atoms with Gasteiger partial charge in [-0.05, 0) is 42.8 Å². The number of hydrogen-bond acceptors (Lipinski definition) is 3. The number of amides is 1. The molecule has 0 radical (unpaired) electrons. The van der Waals surface area contributed by atoms with E-state index in [1.165, 1.54) is 6.07 Å². The summed E-state index contributed by atoms with van der Waals surface area (Å²) in [7, 11) is 0. The lowest BCUT2D eigenvalue weighted by Crippen LogP contribution is -2.31. The minimum Gasteiger partial charge on any atom is -0.482 e. The Kier molecular flexibility index (Phi) is 5.86. The predicted octanol–water partition coefficient (Wildman–Crippen LogP) is 4.12. The number of nitrogens with zero attached hydrogens (tertiary/aromatic N) is 1. The number of hydrogen-bond donors (Lipinski definition) is 1. The smallest absolute Gasteiger partial charge is 0.258 e. The molecule has 0 saturated heterocycles. The molecule has 0 fully saturated rings. The Bertz CT molecular complexity index is 739. The van der Waals surface area contributed by atoms with E-state index in [4.69, 9.17) is 33.2 Å². The first-order chi connectivity index (χ1) is 11.0. The summed E-state index contributed by atoms with van der Waals surface area (Å²) in [4.78, 5) is 11.9. The molecule has 0 aliphatic carbocycles. The van der Waals surface area contributed by atoms with Gasteiger partial charge in [-0.3, -0.25) is 4.79 Å². The van der Waals surface area contributed by atoms with Gasteiger partial charge in [0.2, 0.25) is 0 Å². The van der Waals surface area contributed by atoms with Crippen molar-refractivity contribution in [3.63, 3.8) is 0 Å². The van der Waals surface area contributed by atoms with Crippen LogP contribution in [0.25, 0.3) is 0 Å². The molecule has 0 heterocycles. The highest BCUT2D eigenvalue weighted by molar-refractivity contribution is 6.32. The second-order valence-electron chi connectivity index (χ2n) is 4.89.